The Morgan fingerprint density at radius 2 is 1.89 bits per heavy atom. The third kappa shape index (κ3) is 5.23. The van der Waals surface area contributed by atoms with E-state index in [-0.39, 0.29) is 18.2 Å². The lowest BCUT2D eigenvalue weighted by Crippen LogP contribution is -2.44. The van der Waals surface area contributed by atoms with Crippen LogP contribution >= 0.6 is 23.2 Å². The van der Waals surface area contributed by atoms with Gasteiger partial charge in [0.1, 0.15) is 5.82 Å². The molecule has 0 aromatic heterocycles. The number of halogens is 3. The molecule has 0 radical (unpaired) electrons. The van der Waals surface area contributed by atoms with E-state index >= 15 is 0 Å². The molecular formula is C19H19Cl2FN2O3S. The van der Waals surface area contributed by atoms with Crippen molar-refractivity contribution >= 4 is 44.8 Å². The number of amides is 1. The molecule has 0 spiro atoms. The summed E-state index contributed by atoms with van der Waals surface area (Å²) in [7, 11) is -3.64. The van der Waals surface area contributed by atoms with Gasteiger partial charge in [-0.15, -0.1) is 0 Å². The van der Waals surface area contributed by atoms with Crippen molar-refractivity contribution in [1.29, 1.82) is 0 Å². The van der Waals surface area contributed by atoms with Crippen LogP contribution in [0.5, 0.6) is 0 Å². The van der Waals surface area contributed by atoms with E-state index in [1.807, 2.05) is 0 Å². The number of anilines is 1. The summed E-state index contributed by atoms with van der Waals surface area (Å²) < 4.78 is 40.0. The first-order chi connectivity index (χ1) is 13.2. The van der Waals surface area contributed by atoms with Gasteiger partial charge < -0.3 is 5.32 Å². The largest absolute Gasteiger partial charge is 0.326 e. The monoisotopic (exact) mass is 444 g/mol. The Morgan fingerprint density at radius 1 is 1.18 bits per heavy atom. The molecule has 1 aliphatic rings. The third-order valence-corrected chi connectivity index (χ3v) is 6.99. The summed E-state index contributed by atoms with van der Waals surface area (Å²) in [6.07, 6.45) is 1.16. The zero-order valence-corrected chi connectivity index (χ0v) is 17.2. The first-order valence-corrected chi connectivity index (χ1v) is 11.1. The highest BCUT2D eigenvalue weighted by Crippen LogP contribution is 2.26. The van der Waals surface area contributed by atoms with Crippen molar-refractivity contribution in [2.75, 3.05) is 18.4 Å². The van der Waals surface area contributed by atoms with Gasteiger partial charge in [-0.05, 0) is 54.8 Å². The minimum Gasteiger partial charge on any atom is -0.326 e. The van der Waals surface area contributed by atoms with E-state index in [0.29, 0.717) is 40.7 Å². The van der Waals surface area contributed by atoms with E-state index < -0.39 is 21.8 Å². The molecule has 1 aliphatic heterocycles. The fourth-order valence-electron chi connectivity index (χ4n) is 3.11. The van der Waals surface area contributed by atoms with Crippen LogP contribution in [-0.4, -0.2) is 31.7 Å². The van der Waals surface area contributed by atoms with Gasteiger partial charge in [-0.25, -0.2) is 17.1 Å². The smallest absolute Gasteiger partial charge is 0.228 e. The molecule has 3 rings (SSSR count). The summed E-state index contributed by atoms with van der Waals surface area (Å²) in [5.74, 6) is -1.41. The van der Waals surface area contributed by atoms with Crippen LogP contribution in [-0.2, 0) is 20.6 Å². The van der Waals surface area contributed by atoms with Crippen LogP contribution in [0.15, 0.2) is 42.5 Å². The zero-order chi connectivity index (χ0) is 20.3. The molecule has 0 saturated carbocycles. The highest BCUT2D eigenvalue weighted by atomic mass is 35.5. The highest BCUT2D eigenvalue weighted by molar-refractivity contribution is 7.88. The van der Waals surface area contributed by atoms with Crippen molar-refractivity contribution in [3.63, 3.8) is 0 Å². The lowest BCUT2D eigenvalue weighted by atomic mass is 9.99. The number of benzene rings is 2. The van der Waals surface area contributed by atoms with E-state index in [2.05, 4.69) is 5.32 Å². The average molecular weight is 445 g/mol. The fraction of sp³-hybridized carbons (Fsp3) is 0.316. The number of piperidine rings is 1. The van der Waals surface area contributed by atoms with Crippen LogP contribution in [0.4, 0.5) is 10.1 Å². The van der Waals surface area contributed by atoms with Crippen LogP contribution < -0.4 is 5.32 Å². The van der Waals surface area contributed by atoms with E-state index in [9.17, 15) is 17.6 Å². The van der Waals surface area contributed by atoms with Crippen LogP contribution in [0.1, 0.15) is 18.4 Å². The van der Waals surface area contributed by atoms with E-state index in [0.717, 1.165) is 0 Å². The molecule has 0 unspecified atom stereocenters. The number of sulfonamides is 1. The van der Waals surface area contributed by atoms with Crippen molar-refractivity contribution in [1.82, 2.24) is 4.31 Å². The van der Waals surface area contributed by atoms with Gasteiger partial charge in [-0.2, -0.15) is 0 Å². The number of nitrogens with one attached hydrogen (secondary N) is 1. The summed E-state index contributed by atoms with van der Waals surface area (Å²) in [6.45, 7) is 0.453. The summed E-state index contributed by atoms with van der Waals surface area (Å²) in [5.41, 5.74) is 0.934. The van der Waals surface area contributed by atoms with E-state index in [1.54, 1.807) is 12.1 Å². The number of carbonyl (C=O) groups is 1. The summed E-state index contributed by atoms with van der Waals surface area (Å²) in [4.78, 5) is 12.5. The lowest BCUT2D eigenvalue weighted by Gasteiger charge is -2.31. The molecule has 1 amide bonds. The second-order valence-corrected chi connectivity index (χ2v) is 9.50. The van der Waals surface area contributed by atoms with Crippen molar-refractivity contribution in [3.8, 4) is 0 Å². The van der Waals surface area contributed by atoms with Gasteiger partial charge in [0.2, 0.25) is 15.9 Å². The normalized spacial score (nSPS) is 18.0. The van der Waals surface area contributed by atoms with E-state index in [1.165, 1.54) is 34.6 Å². The lowest BCUT2D eigenvalue weighted by molar-refractivity contribution is -0.120. The Kier molecular flexibility index (Phi) is 6.60. The first-order valence-electron chi connectivity index (χ1n) is 8.73. The van der Waals surface area contributed by atoms with Gasteiger partial charge in [0.05, 0.1) is 11.7 Å². The Balaban J connectivity index is 1.67. The van der Waals surface area contributed by atoms with Gasteiger partial charge in [0, 0.05) is 28.8 Å². The van der Waals surface area contributed by atoms with Crippen molar-refractivity contribution in [2.45, 2.75) is 18.6 Å². The number of carbonyl (C=O) groups excluding carboxylic acids is 1. The molecule has 150 valence electrons. The third-order valence-electron chi connectivity index (χ3n) is 4.61. The van der Waals surface area contributed by atoms with Crippen LogP contribution in [0.25, 0.3) is 0 Å². The van der Waals surface area contributed by atoms with Crippen molar-refractivity contribution in [2.24, 2.45) is 5.92 Å². The van der Waals surface area contributed by atoms with Crippen LogP contribution in [0.3, 0.4) is 0 Å². The predicted octanol–water partition coefficient (Wildman–Crippen LogP) is 4.31. The Bertz CT molecular complexity index is 968. The molecule has 1 saturated heterocycles. The SMILES string of the molecule is O=C(Nc1ccc(F)cc1)[C@@H]1CCCN(S(=O)(=O)Cc2ccc(Cl)cc2Cl)C1. The number of hydrogen-bond donors (Lipinski definition) is 1. The summed E-state index contributed by atoms with van der Waals surface area (Å²) in [6, 6.07) is 10.1. The number of rotatable bonds is 5. The molecule has 1 atom stereocenters. The predicted molar refractivity (Wildman–Crippen MR) is 108 cm³/mol. The Morgan fingerprint density at radius 3 is 2.57 bits per heavy atom. The topological polar surface area (TPSA) is 66.5 Å². The van der Waals surface area contributed by atoms with Gasteiger partial charge in [-0.3, -0.25) is 4.79 Å². The highest BCUT2D eigenvalue weighted by Gasteiger charge is 2.32. The standard InChI is InChI=1S/C19H19Cl2FN2O3S/c20-15-4-3-14(18(21)10-15)12-28(26,27)24-9-1-2-13(11-24)19(25)23-17-7-5-16(22)6-8-17/h3-8,10,13H,1-2,9,11-12H2,(H,23,25)/t13-/m1/s1. The number of nitrogens with zero attached hydrogens (tertiary/aromatic N) is 1. The van der Waals surface area contributed by atoms with Crippen LogP contribution in [0, 0.1) is 11.7 Å². The Hall–Kier alpha value is -1.67. The van der Waals surface area contributed by atoms with E-state index in [4.69, 9.17) is 23.2 Å². The van der Waals surface area contributed by atoms with Gasteiger partial charge in [0.25, 0.3) is 0 Å². The maximum atomic E-state index is 13.0. The Labute approximate surface area is 173 Å². The average Bonchev–Trinajstić information content (AvgIpc) is 2.66. The molecule has 1 heterocycles. The number of hydrogen-bond acceptors (Lipinski definition) is 3. The van der Waals surface area contributed by atoms with Gasteiger partial charge in [-0.1, -0.05) is 29.3 Å². The molecule has 0 aliphatic carbocycles. The minimum atomic E-state index is -3.64. The maximum absolute atomic E-state index is 13.0. The second-order valence-electron chi connectivity index (χ2n) is 6.69. The molecule has 9 heteroatoms. The van der Waals surface area contributed by atoms with Crippen LogP contribution in [0.2, 0.25) is 10.0 Å². The zero-order valence-electron chi connectivity index (χ0n) is 14.9. The van der Waals surface area contributed by atoms with Crippen molar-refractivity contribution in [3.05, 3.63) is 63.9 Å². The molecule has 0 bridgehead atoms. The summed E-state index contributed by atoms with van der Waals surface area (Å²) >= 11 is 12.0. The molecular weight excluding hydrogens is 426 g/mol. The van der Waals surface area contributed by atoms with Gasteiger partial charge >= 0.3 is 0 Å². The quantitative estimate of drug-likeness (QED) is 0.746. The minimum absolute atomic E-state index is 0.0978. The molecule has 1 fully saturated rings. The first kappa shape index (κ1) is 21.0. The fourth-order valence-corrected chi connectivity index (χ4v) is 5.31. The molecule has 2 aromatic carbocycles. The summed E-state index contributed by atoms with van der Waals surface area (Å²) in [5, 5.41) is 3.44. The van der Waals surface area contributed by atoms with Gasteiger partial charge in [0.15, 0.2) is 0 Å². The molecule has 2 aromatic rings. The molecule has 28 heavy (non-hydrogen) atoms. The maximum Gasteiger partial charge on any atom is 0.228 e. The second kappa shape index (κ2) is 8.78. The molecule has 1 N–H and O–H groups in total. The van der Waals surface area contributed by atoms with Crippen molar-refractivity contribution < 1.29 is 17.6 Å². The molecule has 5 nitrogen and oxygen atoms in total.